The lowest BCUT2D eigenvalue weighted by molar-refractivity contribution is 0.251. The molecule has 0 spiro atoms. The van der Waals surface area contributed by atoms with Crippen LogP contribution < -0.4 is 0 Å². The topological polar surface area (TPSA) is 3.24 Å². The van der Waals surface area contributed by atoms with Crippen LogP contribution in [0.5, 0.6) is 0 Å². The fraction of sp³-hybridized carbons (Fsp3) is 0.517. The van der Waals surface area contributed by atoms with Gasteiger partial charge >= 0.3 is 0 Å². The second-order valence-electron chi connectivity index (χ2n) is 8.56. The van der Waals surface area contributed by atoms with Crippen molar-refractivity contribution in [3.05, 3.63) is 83.9 Å². The molecular formula is C29H43N. The third-order valence-corrected chi connectivity index (χ3v) is 5.73. The van der Waals surface area contributed by atoms with Gasteiger partial charge in [-0.05, 0) is 49.8 Å². The largest absolute Gasteiger partial charge is 0.295 e. The van der Waals surface area contributed by atoms with E-state index in [1.54, 1.807) is 0 Å². The molecule has 0 heterocycles. The summed E-state index contributed by atoms with van der Waals surface area (Å²) < 4.78 is 0. The first-order chi connectivity index (χ1) is 14.9. The van der Waals surface area contributed by atoms with Gasteiger partial charge < -0.3 is 0 Å². The van der Waals surface area contributed by atoms with Gasteiger partial charge in [0.15, 0.2) is 0 Å². The fourth-order valence-electron chi connectivity index (χ4n) is 3.95. The maximum atomic E-state index is 2.59. The second kappa shape index (κ2) is 16.9. The van der Waals surface area contributed by atoms with E-state index in [-0.39, 0.29) is 0 Å². The molecule has 2 aromatic rings. The summed E-state index contributed by atoms with van der Waals surface area (Å²) in [5.41, 5.74) is 2.81. The Morgan fingerprint density at radius 2 is 1.03 bits per heavy atom. The van der Waals surface area contributed by atoms with Crippen molar-refractivity contribution in [1.82, 2.24) is 4.90 Å². The summed E-state index contributed by atoms with van der Waals surface area (Å²) in [6.07, 6.45) is 19.7. The van der Waals surface area contributed by atoms with Crippen LogP contribution in [0.15, 0.2) is 72.8 Å². The number of allylic oxidation sites excluding steroid dienone is 2. The van der Waals surface area contributed by atoms with E-state index in [2.05, 4.69) is 84.6 Å². The van der Waals surface area contributed by atoms with Crippen molar-refractivity contribution in [2.24, 2.45) is 0 Å². The Hall–Kier alpha value is -1.86. The van der Waals surface area contributed by atoms with Crippen molar-refractivity contribution in [1.29, 1.82) is 0 Å². The molecular weight excluding hydrogens is 362 g/mol. The molecule has 0 N–H and O–H groups in total. The van der Waals surface area contributed by atoms with Crippen LogP contribution >= 0.6 is 0 Å². The molecule has 0 amide bonds. The van der Waals surface area contributed by atoms with Gasteiger partial charge in [-0.1, -0.05) is 118 Å². The molecule has 1 nitrogen and oxygen atoms in total. The van der Waals surface area contributed by atoms with Gasteiger partial charge in [0.25, 0.3) is 0 Å². The molecule has 0 bridgehead atoms. The maximum absolute atomic E-state index is 2.59. The number of hydrogen-bond acceptors (Lipinski definition) is 1. The average molecular weight is 406 g/mol. The van der Waals surface area contributed by atoms with Crippen molar-refractivity contribution in [3.8, 4) is 0 Å². The Labute approximate surface area is 186 Å². The van der Waals surface area contributed by atoms with Gasteiger partial charge in [-0.3, -0.25) is 4.90 Å². The number of rotatable bonds is 17. The maximum Gasteiger partial charge on any atom is 0.0237 e. The molecule has 0 radical (unpaired) electrons. The highest BCUT2D eigenvalue weighted by atomic mass is 15.1. The van der Waals surface area contributed by atoms with Crippen LogP contribution in [0, 0.1) is 0 Å². The van der Waals surface area contributed by atoms with Crippen LogP contribution in [0.2, 0.25) is 0 Å². The summed E-state index contributed by atoms with van der Waals surface area (Å²) in [5.74, 6) is 0. The summed E-state index contributed by atoms with van der Waals surface area (Å²) in [4.78, 5) is 2.59. The Balaban J connectivity index is 1.60. The molecule has 1 heteroatoms. The standard InChI is InChI=1S/C29H43N/c1-2-3-4-5-6-7-8-9-10-11-12-13-20-25-30(26-28-21-16-14-17-22-28)27-29-23-18-15-19-24-29/h10-11,14-19,21-24H,2-9,12-13,20,25-27H2,1H3/b11-10+. The van der Waals surface area contributed by atoms with Crippen LogP contribution in [-0.2, 0) is 13.1 Å². The van der Waals surface area contributed by atoms with Crippen molar-refractivity contribution in [2.45, 2.75) is 90.6 Å². The van der Waals surface area contributed by atoms with Crippen LogP contribution in [-0.4, -0.2) is 11.4 Å². The van der Waals surface area contributed by atoms with Crippen molar-refractivity contribution < 1.29 is 0 Å². The first-order valence-corrected chi connectivity index (χ1v) is 12.3. The van der Waals surface area contributed by atoms with Crippen LogP contribution in [0.4, 0.5) is 0 Å². The molecule has 0 aromatic heterocycles. The smallest absolute Gasteiger partial charge is 0.0237 e. The van der Waals surface area contributed by atoms with Gasteiger partial charge in [-0.2, -0.15) is 0 Å². The van der Waals surface area contributed by atoms with Crippen LogP contribution in [0.25, 0.3) is 0 Å². The van der Waals surface area contributed by atoms with Gasteiger partial charge in [0.1, 0.15) is 0 Å². The first-order valence-electron chi connectivity index (χ1n) is 12.3. The summed E-state index contributed by atoms with van der Waals surface area (Å²) in [6.45, 7) is 5.51. The SMILES string of the molecule is CCCCCCCCC/C=C/CCCCN(Cc1ccccc1)Cc1ccccc1. The highest BCUT2D eigenvalue weighted by Crippen LogP contribution is 2.12. The van der Waals surface area contributed by atoms with E-state index in [9.17, 15) is 0 Å². The van der Waals surface area contributed by atoms with Gasteiger partial charge in [0.05, 0.1) is 0 Å². The first kappa shape index (κ1) is 24.4. The third kappa shape index (κ3) is 12.0. The summed E-state index contributed by atoms with van der Waals surface area (Å²) in [7, 11) is 0. The lowest BCUT2D eigenvalue weighted by Crippen LogP contribution is -2.24. The average Bonchev–Trinajstić information content (AvgIpc) is 2.78. The van der Waals surface area contributed by atoms with Crippen molar-refractivity contribution in [3.63, 3.8) is 0 Å². The Morgan fingerprint density at radius 1 is 0.567 bits per heavy atom. The monoisotopic (exact) mass is 405 g/mol. The second-order valence-corrected chi connectivity index (χ2v) is 8.56. The van der Waals surface area contributed by atoms with E-state index < -0.39 is 0 Å². The van der Waals surface area contributed by atoms with Crippen molar-refractivity contribution in [2.75, 3.05) is 6.54 Å². The molecule has 0 fully saturated rings. The lowest BCUT2D eigenvalue weighted by Gasteiger charge is -2.22. The number of hydrogen-bond donors (Lipinski definition) is 0. The highest BCUT2D eigenvalue weighted by molar-refractivity contribution is 5.17. The minimum Gasteiger partial charge on any atom is -0.295 e. The predicted molar refractivity (Wildman–Crippen MR) is 133 cm³/mol. The van der Waals surface area contributed by atoms with Crippen LogP contribution in [0.3, 0.4) is 0 Å². The van der Waals surface area contributed by atoms with E-state index in [1.165, 1.54) is 81.8 Å². The zero-order valence-electron chi connectivity index (χ0n) is 19.3. The number of benzene rings is 2. The molecule has 0 unspecified atom stereocenters. The Bertz CT molecular complexity index is 605. The molecule has 2 rings (SSSR count). The van der Waals surface area contributed by atoms with E-state index >= 15 is 0 Å². The molecule has 0 aliphatic rings. The minimum atomic E-state index is 1.03. The molecule has 0 saturated carbocycles. The summed E-state index contributed by atoms with van der Waals surface area (Å²) >= 11 is 0. The van der Waals surface area contributed by atoms with Gasteiger partial charge in [-0.25, -0.2) is 0 Å². The quantitative estimate of drug-likeness (QED) is 0.188. The zero-order valence-corrected chi connectivity index (χ0v) is 19.3. The molecule has 0 aliphatic carbocycles. The third-order valence-electron chi connectivity index (χ3n) is 5.73. The van der Waals surface area contributed by atoms with Crippen molar-refractivity contribution >= 4 is 0 Å². The van der Waals surface area contributed by atoms with Gasteiger partial charge in [0, 0.05) is 13.1 Å². The predicted octanol–water partition coefficient (Wildman–Crippen LogP) is 8.56. The molecule has 30 heavy (non-hydrogen) atoms. The highest BCUT2D eigenvalue weighted by Gasteiger charge is 2.06. The molecule has 0 saturated heterocycles. The molecule has 2 aromatic carbocycles. The van der Waals surface area contributed by atoms with E-state index in [0.717, 1.165) is 19.6 Å². The zero-order chi connectivity index (χ0) is 21.1. The summed E-state index contributed by atoms with van der Waals surface area (Å²) in [6, 6.07) is 21.7. The molecule has 0 atom stereocenters. The van der Waals surface area contributed by atoms with E-state index in [0.29, 0.717) is 0 Å². The van der Waals surface area contributed by atoms with E-state index in [4.69, 9.17) is 0 Å². The van der Waals surface area contributed by atoms with E-state index in [1.807, 2.05) is 0 Å². The molecule has 164 valence electrons. The minimum absolute atomic E-state index is 1.03. The fourth-order valence-corrected chi connectivity index (χ4v) is 3.95. The van der Waals surface area contributed by atoms with Gasteiger partial charge in [0.2, 0.25) is 0 Å². The Morgan fingerprint density at radius 3 is 1.57 bits per heavy atom. The number of unbranched alkanes of at least 4 members (excludes halogenated alkanes) is 9. The number of nitrogens with zero attached hydrogens (tertiary/aromatic N) is 1. The van der Waals surface area contributed by atoms with Gasteiger partial charge in [-0.15, -0.1) is 0 Å². The summed E-state index contributed by atoms with van der Waals surface area (Å²) in [5, 5.41) is 0. The molecule has 0 aliphatic heterocycles. The Kier molecular flexibility index (Phi) is 13.7. The normalized spacial score (nSPS) is 11.5. The van der Waals surface area contributed by atoms with Crippen LogP contribution in [0.1, 0.15) is 88.7 Å². The lowest BCUT2D eigenvalue weighted by atomic mass is 10.1.